The maximum Gasteiger partial charge on any atom is 0.305 e. The minimum atomic E-state index is -0.662. The van der Waals surface area contributed by atoms with E-state index in [0.29, 0.717) is 25.9 Å². The predicted molar refractivity (Wildman–Crippen MR) is 343 cm³/mol. The molecule has 0 saturated heterocycles. The molecule has 464 valence electrons. The molecular weight excluding hydrogens is 959 g/mol. The van der Waals surface area contributed by atoms with E-state index in [1.165, 1.54) is 334 Å². The molecule has 0 rings (SSSR count). The Balaban J connectivity index is 3.34. The van der Waals surface area contributed by atoms with Crippen LogP contribution in [-0.2, 0) is 14.3 Å². The summed E-state index contributed by atoms with van der Waals surface area (Å²) in [4.78, 5) is 24.6. The number of nitrogens with one attached hydrogen (secondary N) is 1. The second kappa shape index (κ2) is 68.1. The van der Waals surface area contributed by atoms with Crippen LogP contribution in [0.4, 0.5) is 0 Å². The number of rotatable bonds is 68. The second-order valence-electron chi connectivity index (χ2n) is 24.9. The number of aliphatic hydroxyl groups excluding tert-OH is 2. The SMILES string of the molecule is CCCC/C=C\CCCCCCCC(=O)OCCCCCCCCCCCCCCCCCCCCCCCCCCCCCCCC(=O)NC(CO)C(O)CCCCCCCCCCCCCCCCCCCCCCC. The molecule has 2 unspecified atom stereocenters. The average molecular weight is 1100 g/mol. The van der Waals surface area contributed by atoms with Crippen molar-refractivity contribution in [2.45, 2.75) is 424 Å². The summed E-state index contributed by atoms with van der Waals surface area (Å²) in [6.45, 7) is 4.96. The highest BCUT2D eigenvalue weighted by atomic mass is 16.5. The van der Waals surface area contributed by atoms with E-state index in [2.05, 4.69) is 31.3 Å². The minimum absolute atomic E-state index is 0.00926. The van der Waals surface area contributed by atoms with Gasteiger partial charge in [-0.25, -0.2) is 0 Å². The largest absolute Gasteiger partial charge is 0.466 e. The molecule has 0 aliphatic heterocycles. The number of unbranched alkanes of at least 4 members (excludes halogenated alkanes) is 55. The molecule has 6 heteroatoms. The van der Waals surface area contributed by atoms with Crippen LogP contribution in [0.5, 0.6) is 0 Å². The van der Waals surface area contributed by atoms with E-state index >= 15 is 0 Å². The Morgan fingerprint density at radius 2 is 0.615 bits per heavy atom. The van der Waals surface area contributed by atoms with Crippen molar-refractivity contribution in [3.63, 3.8) is 0 Å². The van der Waals surface area contributed by atoms with Gasteiger partial charge in [0.2, 0.25) is 5.91 Å². The standard InChI is InChI=1S/C72H141NO5/c1-3-5-7-9-11-13-15-16-17-18-19-29-32-35-38-41-45-48-52-56-60-64-70(75)69(68-74)73-71(76)65-61-57-53-49-46-42-39-36-33-30-27-25-23-21-20-22-24-26-28-31-34-37-40-43-47-51-55-59-63-67-78-72(77)66-62-58-54-50-44-14-12-10-8-6-4-2/h10,12,69-70,74-75H,3-9,11,13-68H2,1-2H3,(H,73,76)/b12-10-. The Hall–Kier alpha value is -1.40. The van der Waals surface area contributed by atoms with Crippen LogP contribution in [-0.4, -0.2) is 47.4 Å². The first-order valence-corrected chi connectivity index (χ1v) is 35.9. The third-order valence-corrected chi connectivity index (χ3v) is 17.1. The van der Waals surface area contributed by atoms with Gasteiger partial charge in [0, 0.05) is 12.8 Å². The molecule has 0 aliphatic rings. The van der Waals surface area contributed by atoms with Gasteiger partial charge in [0.25, 0.3) is 0 Å². The van der Waals surface area contributed by atoms with Crippen LogP contribution in [0.2, 0.25) is 0 Å². The molecule has 0 bridgehead atoms. The summed E-state index contributed by atoms with van der Waals surface area (Å²) in [7, 11) is 0. The molecule has 0 aromatic carbocycles. The number of amides is 1. The maximum absolute atomic E-state index is 12.5. The Kier molecular flexibility index (Phi) is 66.9. The topological polar surface area (TPSA) is 95.9 Å². The monoisotopic (exact) mass is 1100 g/mol. The molecule has 0 aliphatic carbocycles. The molecule has 3 N–H and O–H groups in total. The fourth-order valence-corrected chi connectivity index (χ4v) is 11.6. The number of carbonyl (C=O) groups is 2. The molecule has 1 amide bonds. The normalized spacial score (nSPS) is 12.5. The third kappa shape index (κ3) is 63.8. The Morgan fingerprint density at radius 1 is 0.346 bits per heavy atom. The van der Waals surface area contributed by atoms with Gasteiger partial charge in [-0.15, -0.1) is 0 Å². The van der Waals surface area contributed by atoms with E-state index in [9.17, 15) is 19.8 Å². The lowest BCUT2D eigenvalue weighted by atomic mass is 10.0. The molecule has 0 saturated carbocycles. The lowest BCUT2D eigenvalue weighted by Gasteiger charge is -2.22. The van der Waals surface area contributed by atoms with Crippen molar-refractivity contribution in [3.8, 4) is 0 Å². The number of esters is 1. The second-order valence-corrected chi connectivity index (χ2v) is 24.9. The lowest BCUT2D eigenvalue weighted by Crippen LogP contribution is -2.45. The van der Waals surface area contributed by atoms with Gasteiger partial charge in [-0.3, -0.25) is 9.59 Å². The molecule has 0 spiro atoms. The molecule has 0 fully saturated rings. The summed E-state index contributed by atoms with van der Waals surface area (Å²) in [5.41, 5.74) is 0. The maximum atomic E-state index is 12.5. The van der Waals surface area contributed by atoms with Crippen molar-refractivity contribution in [3.05, 3.63) is 12.2 Å². The number of hydrogen-bond donors (Lipinski definition) is 3. The molecule has 2 atom stereocenters. The van der Waals surface area contributed by atoms with Gasteiger partial charge in [0.1, 0.15) is 0 Å². The first-order valence-electron chi connectivity index (χ1n) is 35.9. The van der Waals surface area contributed by atoms with E-state index in [1.807, 2.05) is 0 Å². The first kappa shape index (κ1) is 76.6. The van der Waals surface area contributed by atoms with E-state index < -0.39 is 12.1 Å². The zero-order valence-electron chi connectivity index (χ0n) is 53.2. The van der Waals surface area contributed by atoms with Crippen LogP contribution in [0.3, 0.4) is 0 Å². The van der Waals surface area contributed by atoms with Crippen LogP contribution in [0.25, 0.3) is 0 Å². The molecule has 0 aromatic heterocycles. The molecular formula is C72H141NO5. The number of aliphatic hydroxyl groups is 2. The number of ether oxygens (including phenoxy) is 1. The molecule has 6 nitrogen and oxygen atoms in total. The quantitative estimate of drug-likeness (QED) is 0.0320. The van der Waals surface area contributed by atoms with Crippen LogP contribution in [0.15, 0.2) is 12.2 Å². The predicted octanol–water partition coefficient (Wildman–Crippen LogP) is 23.1. The first-order chi connectivity index (χ1) is 38.5. The van der Waals surface area contributed by atoms with Crippen molar-refractivity contribution in [1.29, 1.82) is 0 Å². The van der Waals surface area contributed by atoms with Crippen molar-refractivity contribution in [2.24, 2.45) is 0 Å². The smallest absolute Gasteiger partial charge is 0.305 e. The van der Waals surface area contributed by atoms with E-state index in [-0.39, 0.29) is 18.5 Å². The summed E-state index contributed by atoms with van der Waals surface area (Å²) in [6.07, 6.45) is 84.1. The molecule has 0 heterocycles. The minimum Gasteiger partial charge on any atom is -0.466 e. The van der Waals surface area contributed by atoms with Crippen molar-refractivity contribution < 1.29 is 24.5 Å². The average Bonchev–Trinajstić information content (AvgIpc) is 3.44. The summed E-state index contributed by atoms with van der Waals surface area (Å²) < 4.78 is 5.47. The number of allylic oxidation sites excluding steroid dienone is 2. The van der Waals surface area contributed by atoms with Gasteiger partial charge in [0.05, 0.1) is 25.4 Å². The summed E-state index contributed by atoms with van der Waals surface area (Å²) >= 11 is 0. The Bertz CT molecular complexity index is 1180. The van der Waals surface area contributed by atoms with Gasteiger partial charge in [0.15, 0.2) is 0 Å². The summed E-state index contributed by atoms with van der Waals surface area (Å²) in [5, 5.41) is 23.4. The Morgan fingerprint density at radius 3 is 0.949 bits per heavy atom. The van der Waals surface area contributed by atoms with Gasteiger partial charge in [-0.2, -0.15) is 0 Å². The molecule has 0 radical (unpaired) electrons. The van der Waals surface area contributed by atoms with Crippen molar-refractivity contribution in [1.82, 2.24) is 5.32 Å². The fraction of sp³-hybridized carbons (Fsp3) is 0.944. The zero-order chi connectivity index (χ0) is 56.4. The van der Waals surface area contributed by atoms with Crippen LogP contribution in [0, 0.1) is 0 Å². The number of carbonyl (C=O) groups excluding carboxylic acids is 2. The number of hydrogen-bond acceptors (Lipinski definition) is 5. The fourth-order valence-electron chi connectivity index (χ4n) is 11.6. The van der Waals surface area contributed by atoms with E-state index in [1.54, 1.807) is 0 Å². The summed E-state index contributed by atoms with van der Waals surface area (Å²) in [6, 6.07) is -0.539. The van der Waals surface area contributed by atoms with Crippen LogP contribution >= 0.6 is 0 Å². The van der Waals surface area contributed by atoms with Crippen molar-refractivity contribution in [2.75, 3.05) is 13.2 Å². The molecule has 78 heavy (non-hydrogen) atoms. The van der Waals surface area contributed by atoms with Crippen molar-refractivity contribution >= 4 is 11.9 Å². The zero-order valence-corrected chi connectivity index (χ0v) is 53.2. The van der Waals surface area contributed by atoms with Gasteiger partial charge in [-0.1, -0.05) is 366 Å². The Labute approximate surface area is 489 Å². The van der Waals surface area contributed by atoms with E-state index in [4.69, 9.17) is 4.74 Å². The lowest BCUT2D eigenvalue weighted by molar-refractivity contribution is -0.143. The van der Waals surface area contributed by atoms with Gasteiger partial charge < -0.3 is 20.3 Å². The van der Waals surface area contributed by atoms with Crippen LogP contribution < -0.4 is 5.32 Å². The highest BCUT2D eigenvalue weighted by Crippen LogP contribution is 2.20. The van der Waals surface area contributed by atoms with Gasteiger partial charge in [-0.05, 0) is 44.9 Å². The van der Waals surface area contributed by atoms with Gasteiger partial charge >= 0.3 is 5.97 Å². The van der Waals surface area contributed by atoms with E-state index in [0.717, 1.165) is 44.9 Å². The third-order valence-electron chi connectivity index (χ3n) is 17.1. The molecule has 0 aromatic rings. The highest BCUT2D eigenvalue weighted by Gasteiger charge is 2.20. The highest BCUT2D eigenvalue weighted by molar-refractivity contribution is 5.76. The summed E-state index contributed by atoms with van der Waals surface area (Å²) in [5.74, 6) is -0.0171. The van der Waals surface area contributed by atoms with Crippen LogP contribution in [0.1, 0.15) is 412 Å².